The van der Waals surface area contributed by atoms with E-state index in [-0.39, 0.29) is 4.90 Å². The van der Waals surface area contributed by atoms with Gasteiger partial charge in [0.2, 0.25) is 0 Å². The second-order valence-electron chi connectivity index (χ2n) is 1.52. The first kappa shape index (κ1) is 12.2. The molecule has 0 bridgehead atoms. The maximum atomic E-state index is 10.6. The molecule has 0 unspecified atom stereocenters. The molecule has 0 atom stereocenters. The second-order valence-corrected chi connectivity index (χ2v) is 5.63. The van der Waals surface area contributed by atoms with Crippen LogP contribution in [0.25, 0.3) is 0 Å². The molecular formula is C6H8Cl2O2S2. The molecule has 6 heteroatoms. The molecule has 0 amide bonds. The average molecular weight is 247 g/mol. The third-order valence-corrected chi connectivity index (χ3v) is 3.40. The fourth-order valence-corrected chi connectivity index (χ4v) is 2.63. The Labute approximate surface area is 85.5 Å². The zero-order valence-corrected chi connectivity index (χ0v) is 9.69. The molecule has 1 aromatic heterocycles. The molecule has 2 nitrogen and oxygen atoms in total. The largest absolute Gasteiger partial charge is 0.262 e. The molecule has 0 aromatic carbocycles. The maximum Gasteiger partial charge on any atom is 0.262 e. The van der Waals surface area contributed by atoms with Crippen LogP contribution < -0.4 is 0 Å². The summed E-state index contributed by atoms with van der Waals surface area (Å²) in [6.45, 7) is 4.00. The summed E-state index contributed by atoms with van der Waals surface area (Å²) in [5.41, 5.74) is 0. The summed E-state index contributed by atoms with van der Waals surface area (Å²) in [6.07, 6.45) is 0. The summed E-state index contributed by atoms with van der Waals surface area (Å²) in [6, 6.07) is 1.31. The summed E-state index contributed by atoms with van der Waals surface area (Å²) in [5.74, 6) is 0. The van der Waals surface area contributed by atoms with Crippen LogP contribution in [0.15, 0.2) is 16.3 Å². The van der Waals surface area contributed by atoms with Gasteiger partial charge in [0.05, 0.1) is 9.23 Å². The van der Waals surface area contributed by atoms with Crippen molar-refractivity contribution in [2.75, 3.05) is 0 Å². The van der Waals surface area contributed by atoms with Crippen LogP contribution >= 0.6 is 33.6 Å². The molecule has 0 spiro atoms. The first-order valence-electron chi connectivity index (χ1n) is 3.19. The summed E-state index contributed by atoms with van der Waals surface area (Å²) >= 11 is 6.59. The molecule has 0 radical (unpaired) electrons. The van der Waals surface area contributed by atoms with Crippen molar-refractivity contribution in [2.24, 2.45) is 0 Å². The van der Waals surface area contributed by atoms with Gasteiger partial charge in [0.1, 0.15) is 0 Å². The Hall–Kier alpha value is 0.230. The van der Waals surface area contributed by atoms with E-state index in [0.717, 1.165) is 11.3 Å². The molecule has 0 saturated carbocycles. The summed E-state index contributed by atoms with van der Waals surface area (Å²) in [7, 11) is 1.41. The fourth-order valence-electron chi connectivity index (χ4n) is 0.422. The topological polar surface area (TPSA) is 34.1 Å². The van der Waals surface area contributed by atoms with Gasteiger partial charge in [0, 0.05) is 16.1 Å². The summed E-state index contributed by atoms with van der Waals surface area (Å²) in [4.78, 5) is 0.0594. The normalized spacial score (nSPS) is 10.3. The molecule has 70 valence electrons. The van der Waals surface area contributed by atoms with E-state index >= 15 is 0 Å². The van der Waals surface area contributed by atoms with Crippen molar-refractivity contribution in [2.45, 2.75) is 18.7 Å². The molecule has 12 heavy (non-hydrogen) atoms. The number of rotatable bonds is 1. The molecular weight excluding hydrogens is 239 g/mol. The van der Waals surface area contributed by atoms with Gasteiger partial charge in [-0.25, -0.2) is 8.42 Å². The van der Waals surface area contributed by atoms with E-state index < -0.39 is 9.05 Å². The Bertz CT molecular complexity index is 329. The van der Waals surface area contributed by atoms with Gasteiger partial charge in [0.15, 0.2) is 0 Å². The van der Waals surface area contributed by atoms with Gasteiger partial charge in [-0.05, 0) is 6.07 Å². The average Bonchev–Trinajstić information content (AvgIpc) is 2.39. The lowest BCUT2D eigenvalue weighted by Gasteiger charge is -1.83. The number of hydrogen-bond donors (Lipinski definition) is 0. The van der Waals surface area contributed by atoms with Gasteiger partial charge in [-0.2, -0.15) is 0 Å². The molecule has 0 aliphatic carbocycles. The number of hydrogen-bond acceptors (Lipinski definition) is 3. The molecule has 1 aromatic rings. The standard InChI is InChI=1S/C4H2Cl2O2S2.C2H6/c5-4-1-3(2-9-4)10(6,7)8;1-2/h1-2H;1-2H3. The zero-order valence-electron chi connectivity index (χ0n) is 6.54. The van der Waals surface area contributed by atoms with Crippen LogP contribution in [0.2, 0.25) is 4.34 Å². The van der Waals surface area contributed by atoms with Gasteiger partial charge >= 0.3 is 0 Å². The van der Waals surface area contributed by atoms with Crippen molar-refractivity contribution in [1.29, 1.82) is 0 Å². The van der Waals surface area contributed by atoms with Gasteiger partial charge in [-0.3, -0.25) is 0 Å². The van der Waals surface area contributed by atoms with E-state index in [1.807, 2.05) is 13.8 Å². The first-order valence-corrected chi connectivity index (χ1v) is 6.75. The molecule has 0 aliphatic heterocycles. The van der Waals surface area contributed by atoms with Crippen LogP contribution in [0.3, 0.4) is 0 Å². The van der Waals surface area contributed by atoms with E-state index in [9.17, 15) is 8.42 Å². The van der Waals surface area contributed by atoms with Crippen LogP contribution in [0.5, 0.6) is 0 Å². The van der Waals surface area contributed by atoms with Gasteiger partial charge in [-0.15, -0.1) is 11.3 Å². The Kier molecular flexibility index (Phi) is 5.16. The minimum absolute atomic E-state index is 0.0594. The minimum Gasteiger partial charge on any atom is -0.207 e. The fraction of sp³-hybridized carbons (Fsp3) is 0.333. The van der Waals surface area contributed by atoms with E-state index in [4.69, 9.17) is 22.3 Å². The highest BCUT2D eigenvalue weighted by Gasteiger charge is 2.10. The van der Waals surface area contributed by atoms with E-state index in [0.29, 0.717) is 4.34 Å². The lowest BCUT2D eigenvalue weighted by molar-refractivity contribution is 0.610. The molecule has 0 saturated heterocycles. The Morgan fingerprint density at radius 2 is 1.92 bits per heavy atom. The predicted octanol–water partition coefficient (Wildman–Crippen LogP) is 3.36. The summed E-state index contributed by atoms with van der Waals surface area (Å²) in [5, 5.41) is 1.39. The highest BCUT2D eigenvalue weighted by atomic mass is 35.7. The van der Waals surface area contributed by atoms with Crippen molar-refractivity contribution in [3.8, 4) is 0 Å². The van der Waals surface area contributed by atoms with Crippen LogP contribution in [0, 0.1) is 0 Å². The second kappa shape index (κ2) is 5.07. The van der Waals surface area contributed by atoms with Gasteiger partial charge in [0.25, 0.3) is 9.05 Å². The van der Waals surface area contributed by atoms with Crippen LogP contribution in [-0.2, 0) is 9.05 Å². The van der Waals surface area contributed by atoms with Crippen LogP contribution in [0.1, 0.15) is 13.8 Å². The van der Waals surface area contributed by atoms with E-state index in [1.54, 1.807) is 0 Å². The van der Waals surface area contributed by atoms with Crippen molar-refractivity contribution in [3.05, 3.63) is 15.8 Å². The monoisotopic (exact) mass is 246 g/mol. The van der Waals surface area contributed by atoms with Crippen molar-refractivity contribution >= 4 is 42.7 Å². The maximum absolute atomic E-state index is 10.6. The molecule has 0 aliphatic rings. The SMILES string of the molecule is CC.O=S(=O)(Cl)c1csc(Cl)c1. The van der Waals surface area contributed by atoms with Crippen LogP contribution in [0.4, 0.5) is 0 Å². The van der Waals surface area contributed by atoms with Crippen LogP contribution in [-0.4, -0.2) is 8.42 Å². The smallest absolute Gasteiger partial charge is 0.207 e. The highest BCUT2D eigenvalue weighted by molar-refractivity contribution is 8.13. The lowest BCUT2D eigenvalue weighted by atomic mass is 10.7. The van der Waals surface area contributed by atoms with E-state index in [1.165, 1.54) is 11.4 Å². The Morgan fingerprint density at radius 1 is 1.42 bits per heavy atom. The predicted molar refractivity (Wildman–Crippen MR) is 53.7 cm³/mol. The highest BCUT2D eigenvalue weighted by Crippen LogP contribution is 2.25. The summed E-state index contributed by atoms with van der Waals surface area (Å²) < 4.78 is 21.5. The third kappa shape index (κ3) is 3.76. The number of halogens is 2. The Balaban J connectivity index is 0.000000561. The molecule has 0 N–H and O–H groups in total. The minimum atomic E-state index is -3.58. The first-order chi connectivity index (χ1) is 5.50. The third-order valence-electron chi connectivity index (χ3n) is 0.825. The molecule has 1 rings (SSSR count). The number of thiophene rings is 1. The van der Waals surface area contributed by atoms with Crippen molar-refractivity contribution in [3.63, 3.8) is 0 Å². The lowest BCUT2D eigenvalue weighted by Crippen LogP contribution is -1.84. The zero-order chi connectivity index (χ0) is 9.78. The molecule has 1 heterocycles. The Morgan fingerprint density at radius 3 is 2.08 bits per heavy atom. The van der Waals surface area contributed by atoms with E-state index in [2.05, 4.69) is 0 Å². The van der Waals surface area contributed by atoms with Crippen molar-refractivity contribution < 1.29 is 8.42 Å². The van der Waals surface area contributed by atoms with Gasteiger partial charge < -0.3 is 0 Å². The van der Waals surface area contributed by atoms with Gasteiger partial charge in [-0.1, -0.05) is 25.4 Å². The molecule has 0 fully saturated rings. The van der Waals surface area contributed by atoms with Crippen molar-refractivity contribution in [1.82, 2.24) is 0 Å². The quantitative estimate of drug-likeness (QED) is 0.713.